The first kappa shape index (κ1) is 19.1. The molecule has 1 saturated heterocycles. The Bertz CT molecular complexity index is 792. The average molecular weight is 389 g/mol. The molecule has 8 heteroatoms. The largest absolute Gasteiger partial charge is 0.378 e. The lowest BCUT2D eigenvalue weighted by molar-refractivity contribution is -0.120. The highest BCUT2D eigenvalue weighted by Crippen LogP contribution is 2.13. The molecule has 1 fully saturated rings. The Morgan fingerprint density at radius 1 is 1.15 bits per heavy atom. The molecular formula is C19H21ClN4O3. The van der Waals surface area contributed by atoms with Gasteiger partial charge in [-0.25, -0.2) is 4.98 Å². The highest BCUT2D eigenvalue weighted by molar-refractivity contribution is 6.30. The van der Waals surface area contributed by atoms with Gasteiger partial charge in [0.15, 0.2) is 0 Å². The van der Waals surface area contributed by atoms with Crippen LogP contribution in [0.25, 0.3) is 0 Å². The summed E-state index contributed by atoms with van der Waals surface area (Å²) in [5.74, 6) is 0.286. The van der Waals surface area contributed by atoms with Crippen molar-refractivity contribution in [3.63, 3.8) is 0 Å². The van der Waals surface area contributed by atoms with E-state index < -0.39 is 0 Å². The summed E-state index contributed by atoms with van der Waals surface area (Å²) in [6.07, 6.45) is 1.75. The van der Waals surface area contributed by atoms with E-state index in [0.717, 1.165) is 24.5 Å². The molecular weight excluding hydrogens is 368 g/mol. The lowest BCUT2D eigenvalue weighted by Gasteiger charge is -2.27. The third kappa shape index (κ3) is 5.67. The molecule has 1 aliphatic rings. The third-order valence-corrected chi connectivity index (χ3v) is 4.37. The second-order valence-electron chi connectivity index (χ2n) is 6.09. The Labute approximate surface area is 162 Å². The van der Waals surface area contributed by atoms with Crippen LogP contribution in [0.3, 0.4) is 0 Å². The molecule has 1 aliphatic heterocycles. The van der Waals surface area contributed by atoms with Crippen molar-refractivity contribution in [1.29, 1.82) is 0 Å². The zero-order chi connectivity index (χ0) is 19.1. The number of amides is 2. The summed E-state index contributed by atoms with van der Waals surface area (Å²) < 4.78 is 5.33. The summed E-state index contributed by atoms with van der Waals surface area (Å²) in [6, 6.07) is 10.4. The number of pyridine rings is 1. The number of carbonyl (C=O) groups excluding carboxylic acids is 2. The second kappa shape index (κ2) is 9.34. The highest BCUT2D eigenvalue weighted by atomic mass is 35.5. The molecule has 3 rings (SSSR count). The molecule has 2 N–H and O–H groups in total. The monoisotopic (exact) mass is 388 g/mol. The van der Waals surface area contributed by atoms with Crippen LogP contribution in [0.5, 0.6) is 0 Å². The van der Waals surface area contributed by atoms with E-state index in [1.165, 1.54) is 0 Å². The van der Waals surface area contributed by atoms with E-state index >= 15 is 0 Å². The SMILES string of the molecule is O=C(CNC(=O)c1cccc(Cl)c1)NCc1ccc(N2CCOCC2)nc1. The van der Waals surface area contributed by atoms with Crippen molar-refractivity contribution in [2.75, 3.05) is 37.7 Å². The number of nitrogens with zero attached hydrogens (tertiary/aromatic N) is 2. The zero-order valence-electron chi connectivity index (χ0n) is 14.8. The molecule has 2 heterocycles. The Hall–Kier alpha value is -2.64. The number of nitrogens with one attached hydrogen (secondary N) is 2. The molecule has 7 nitrogen and oxygen atoms in total. The van der Waals surface area contributed by atoms with Crippen LogP contribution in [0, 0.1) is 0 Å². The summed E-state index contributed by atoms with van der Waals surface area (Å²) in [5.41, 5.74) is 1.31. The van der Waals surface area contributed by atoms with Crippen molar-refractivity contribution >= 4 is 29.2 Å². The van der Waals surface area contributed by atoms with Crippen LogP contribution in [0.4, 0.5) is 5.82 Å². The van der Waals surface area contributed by atoms with Crippen molar-refractivity contribution in [2.45, 2.75) is 6.54 Å². The number of hydrogen-bond donors (Lipinski definition) is 2. The van der Waals surface area contributed by atoms with Crippen LogP contribution < -0.4 is 15.5 Å². The smallest absolute Gasteiger partial charge is 0.251 e. The first-order valence-corrected chi connectivity index (χ1v) is 9.08. The lowest BCUT2D eigenvalue weighted by Crippen LogP contribution is -2.37. The molecule has 1 aromatic carbocycles. The number of hydrogen-bond acceptors (Lipinski definition) is 5. The quantitative estimate of drug-likeness (QED) is 0.785. The second-order valence-corrected chi connectivity index (χ2v) is 6.53. The fraction of sp³-hybridized carbons (Fsp3) is 0.316. The van der Waals surface area contributed by atoms with Crippen molar-refractivity contribution < 1.29 is 14.3 Å². The molecule has 27 heavy (non-hydrogen) atoms. The van der Waals surface area contributed by atoms with Crippen LogP contribution in [0.2, 0.25) is 5.02 Å². The molecule has 142 valence electrons. The van der Waals surface area contributed by atoms with Gasteiger partial charge in [-0.05, 0) is 29.8 Å². The van der Waals surface area contributed by atoms with Crippen LogP contribution in [-0.4, -0.2) is 49.6 Å². The molecule has 0 bridgehead atoms. The Morgan fingerprint density at radius 3 is 2.67 bits per heavy atom. The zero-order valence-corrected chi connectivity index (χ0v) is 15.5. The number of aromatic nitrogens is 1. The predicted molar refractivity (Wildman–Crippen MR) is 103 cm³/mol. The van der Waals surface area contributed by atoms with Gasteiger partial charge in [-0.2, -0.15) is 0 Å². The Morgan fingerprint density at radius 2 is 1.96 bits per heavy atom. The fourth-order valence-electron chi connectivity index (χ4n) is 2.66. The van der Waals surface area contributed by atoms with E-state index in [2.05, 4.69) is 20.5 Å². The molecule has 2 amide bonds. The summed E-state index contributed by atoms with van der Waals surface area (Å²) in [4.78, 5) is 30.5. The van der Waals surface area contributed by atoms with E-state index in [-0.39, 0.29) is 18.4 Å². The molecule has 0 aliphatic carbocycles. The van der Waals surface area contributed by atoms with E-state index in [1.807, 2.05) is 12.1 Å². The molecule has 0 unspecified atom stereocenters. The molecule has 1 aromatic heterocycles. The summed E-state index contributed by atoms with van der Waals surface area (Å²) >= 11 is 5.86. The highest BCUT2D eigenvalue weighted by Gasteiger charge is 2.12. The van der Waals surface area contributed by atoms with E-state index in [4.69, 9.17) is 16.3 Å². The van der Waals surface area contributed by atoms with Gasteiger partial charge in [0.25, 0.3) is 5.91 Å². The van der Waals surface area contributed by atoms with Crippen molar-refractivity contribution in [1.82, 2.24) is 15.6 Å². The summed E-state index contributed by atoms with van der Waals surface area (Å²) in [7, 11) is 0. The number of anilines is 1. The van der Waals surface area contributed by atoms with Gasteiger partial charge in [-0.1, -0.05) is 23.7 Å². The number of ether oxygens (including phenoxy) is 1. The lowest BCUT2D eigenvalue weighted by atomic mass is 10.2. The van der Waals surface area contributed by atoms with E-state index in [9.17, 15) is 9.59 Å². The van der Waals surface area contributed by atoms with Gasteiger partial charge < -0.3 is 20.3 Å². The van der Waals surface area contributed by atoms with E-state index in [0.29, 0.717) is 30.3 Å². The number of morpholine rings is 1. The van der Waals surface area contributed by atoms with Crippen LogP contribution in [-0.2, 0) is 16.1 Å². The topological polar surface area (TPSA) is 83.6 Å². The number of benzene rings is 1. The van der Waals surface area contributed by atoms with Crippen LogP contribution >= 0.6 is 11.6 Å². The maximum Gasteiger partial charge on any atom is 0.251 e. The molecule has 0 saturated carbocycles. The minimum Gasteiger partial charge on any atom is -0.378 e. The van der Waals surface area contributed by atoms with Gasteiger partial charge in [0.1, 0.15) is 5.82 Å². The molecule has 2 aromatic rings. The molecule has 0 radical (unpaired) electrons. The van der Waals surface area contributed by atoms with Gasteiger partial charge in [-0.15, -0.1) is 0 Å². The first-order valence-electron chi connectivity index (χ1n) is 8.70. The minimum absolute atomic E-state index is 0.107. The van der Waals surface area contributed by atoms with Crippen molar-refractivity contribution in [3.05, 3.63) is 58.7 Å². The van der Waals surface area contributed by atoms with Crippen LogP contribution in [0.15, 0.2) is 42.6 Å². The van der Waals surface area contributed by atoms with Crippen molar-refractivity contribution in [2.24, 2.45) is 0 Å². The van der Waals surface area contributed by atoms with Gasteiger partial charge in [0, 0.05) is 36.4 Å². The summed E-state index contributed by atoms with van der Waals surface area (Å²) in [5, 5.41) is 5.81. The molecule has 0 spiro atoms. The summed E-state index contributed by atoms with van der Waals surface area (Å²) in [6.45, 7) is 3.32. The van der Waals surface area contributed by atoms with Gasteiger partial charge in [0.05, 0.1) is 19.8 Å². The van der Waals surface area contributed by atoms with Gasteiger partial charge in [0.2, 0.25) is 5.91 Å². The number of halogens is 1. The third-order valence-electron chi connectivity index (χ3n) is 4.13. The Balaban J connectivity index is 1.42. The van der Waals surface area contributed by atoms with Gasteiger partial charge in [-0.3, -0.25) is 9.59 Å². The van der Waals surface area contributed by atoms with E-state index in [1.54, 1.807) is 30.5 Å². The maximum absolute atomic E-state index is 12.0. The van der Waals surface area contributed by atoms with Crippen LogP contribution in [0.1, 0.15) is 15.9 Å². The predicted octanol–water partition coefficient (Wildman–Crippen LogP) is 1.62. The number of carbonyl (C=O) groups is 2. The molecule has 0 atom stereocenters. The normalized spacial score (nSPS) is 13.9. The number of rotatable bonds is 6. The Kier molecular flexibility index (Phi) is 6.62. The minimum atomic E-state index is -0.343. The van der Waals surface area contributed by atoms with Gasteiger partial charge >= 0.3 is 0 Å². The fourth-order valence-corrected chi connectivity index (χ4v) is 2.85. The van der Waals surface area contributed by atoms with Crippen molar-refractivity contribution in [3.8, 4) is 0 Å². The maximum atomic E-state index is 12.0. The first-order chi connectivity index (χ1) is 13.1. The standard InChI is InChI=1S/C19H21ClN4O3/c20-16-3-1-2-15(10-16)19(26)23-13-18(25)22-12-14-4-5-17(21-11-14)24-6-8-27-9-7-24/h1-5,10-11H,6-9,12-13H2,(H,22,25)(H,23,26). The average Bonchev–Trinajstić information content (AvgIpc) is 2.71.